The molecule has 2 heterocycles. The number of ether oxygens (including phenoxy) is 1. The molecular weight excluding hydrogens is 562 g/mol. The van der Waals surface area contributed by atoms with E-state index in [-0.39, 0.29) is 29.4 Å². The number of carbonyl (C=O) groups excluding carboxylic acids is 2. The number of allylic oxidation sites excluding steroid dienone is 4. The summed E-state index contributed by atoms with van der Waals surface area (Å²) in [7, 11) is -4.11. The van der Waals surface area contributed by atoms with Gasteiger partial charge in [-0.05, 0) is 55.1 Å². The van der Waals surface area contributed by atoms with Crippen molar-refractivity contribution >= 4 is 55.7 Å². The van der Waals surface area contributed by atoms with E-state index in [0.29, 0.717) is 24.7 Å². The minimum Gasteiger partial charge on any atom is -0.439 e. The van der Waals surface area contributed by atoms with Crippen molar-refractivity contribution in [3.05, 3.63) is 72.2 Å². The van der Waals surface area contributed by atoms with E-state index in [1.54, 1.807) is 18.2 Å². The number of carbonyl (C=O) groups is 2. The van der Waals surface area contributed by atoms with Gasteiger partial charge in [-0.3, -0.25) is 23.9 Å². The van der Waals surface area contributed by atoms with Crippen LogP contribution < -0.4 is 9.64 Å². The Morgan fingerprint density at radius 2 is 1.46 bits per heavy atom. The molecule has 0 aliphatic carbocycles. The summed E-state index contributed by atoms with van der Waals surface area (Å²) in [6, 6.07) is 11.6. The van der Waals surface area contributed by atoms with Gasteiger partial charge >= 0.3 is 0 Å². The molecule has 1 fully saturated rings. The van der Waals surface area contributed by atoms with E-state index in [0.717, 1.165) is 42.1 Å². The van der Waals surface area contributed by atoms with Gasteiger partial charge in [0.05, 0.1) is 11.4 Å². The number of unbranched alkanes of at least 4 members (excludes halogenated alkanes) is 2. The standard InChI is InChI=1S/C30H35N3O6S2/c1-3-5-18-32-28(34)24(29(35)33(30(32)40)19-6-4-2)14-9-10-15-26-31(20-11-21-41(36,37)38)27-23-13-8-7-12-22(23)16-17-25(27)39-26/h7-10,12-17H,3-6,11,18-21H2,1-2H3,(H,36,37,38). The van der Waals surface area contributed by atoms with Crippen molar-refractivity contribution in [2.45, 2.75) is 46.0 Å². The highest BCUT2D eigenvalue weighted by atomic mass is 32.2. The topological polar surface area (TPSA) is 107 Å². The van der Waals surface area contributed by atoms with Gasteiger partial charge in [0.15, 0.2) is 10.9 Å². The number of fused-ring (bicyclic) bond motifs is 3. The van der Waals surface area contributed by atoms with E-state index < -0.39 is 21.9 Å². The molecule has 2 aromatic carbocycles. The van der Waals surface area contributed by atoms with E-state index in [1.807, 2.05) is 55.1 Å². The molecule has 0 saturated carbocycles. The minimum absolute atomic E-state index is 0.0482. The van der Waals surface area contributed by atoms with Crippen molar-refractivity contribution in [1.29, 1.82) is 0 Å². The van der Waals surface area contributed by atoms with Crippen LogP contribution in [0.4, 0.5) is 5.69 Å². The van der Waals surface area contributed by atoms with E-state index in [4.69, 9.17) is 17.0 Å². The fourth-order valence-corrected chi connectivity index (χ4v) is 5.63. The third-order valence-electron chi connectivity index (χ3n) is 6.89. The molecule has 2 aromatic rings. The van der Waals surface area contributed by atoms with Crippen LogP contribution in [-0.4, -0.2) is 65.1 Å². The quantitative estimate of drug-likeness (QED) is 0.154. The highest BCUT2D eigenvalue weighted by molar-refractivity contribution is 7.85. The summed E-state index contributed by atoms with van der Waals surface area (Å²) in [5.74, 6) is -0.105. The number of nitrogens with zero attached hydrogens (tertiary/aromatic N) is 3. The van der Waals surface area contributed by atoms with Crippen LogP contribution in [0, 0.1) is 0 Å². The first-order chi connectivity index (χ1) is 19.7. The largest absolute Gasteiger partial charge is 0.439 e. The molecule has 9 nitrogen and oxygen atoms in total. The number of thiocarbonyl (C=S) groups is 1. The molecule has 41 heavy (non-hydrogen) atoms. The lowest BCUT2D eigenvalue weighted by Gasteiger charge is -2.36. The van der Waals surface area contributed by atoms with Gasteiger partial charge in [0.1, 0.15) is 5.57 Å². The van der Waals surface area contributed by atoms with Gasteiger partial charge in [-0.2, -0.15) is 8.42 Å². The van der Waals surface area contributed by atoms with Crippen molar-refractivity contribution in [2.75, 3.05) is 30.3 Å². The van der Waals surface area contributed by atoms with Crippen LogP contribution in [0.2, 0.25) is 0 Å². The molecule has 0 bridgehead atoms. The average Bonchev–Trinajstić information content (AvgIpc) is 3.29. The maximum Gasteiger partial charge on any atom is 0.265 e. The van der Waals surface area contributed by atoms with Gasteiger partial charge in [0.25, 0.3) is 21.9 Å². The van der Waals surface area contributed by atoms with Crippen LogP contribution in [0.3, 0.4) is 0 Å². The zero-order valence-electron chi connectivity index (χ0n) is 23.3. The number of benzene rings is 2. The van der Waals surface area contributed by atoms with Gasteiger partial charge in [0.2, 0.25) is 5.88 Å². The number of anilines is 1. The zero-order chi connectivity index (χ0) is 29.6. The third kappa shape index (κ3) is 7.03. The predicted octanol–water partition coefficient (Wildman–Crippen LogP) is 5.20. The molecule has 4 rings (SSSR count). The minimum atomic E-state index is -4.11. The Bertz CT molecular complexity index is 1500. The van der Waals surface area contributed by atoms with Crippen molar-refractivity contribution in [3.63, 3.8) is 0 Å². The molecule has 0 unspecified atom stereocenters. The second kappa shape index (κ2) is 13.4. The van der Waals surface area contributed by atoms with E-state index in [2.05, 4.69) is 0 Å². The average molecular weight is 598 g/mol. The molecule has 2 aliphatic heterocycles. The molecule has 0 atom stereocenters. The monoisotopic (exact) mass is 597 g/mol. The van der Waals surface area contributed by atoms with Crippen LogP contribution >= 0.6 is 12.2 Å². The molecule has 11 heteroatoms. The fourth-order valence-electron chi connectivity index (χ4n) is 4.79. The Morgan fingerprint density at radius 3 is 2.10 bits per heavy atom. The number of amides is 2. The number of rotatable bonds is 12. The Labute approximate surface area is 246 Å². The summed E-state index contributed by atoms with van der Waals surface area (Å²) in [5, 5.41) is 2.21. The molecule has 1 saturated heterocycles. The first-order valence-electron chi connectivity index (χ1n) is 13.8. The summed E-state index contributed by atoms with van der Waals surface area (Å²) in [6.07, 6.45) is 10.00. The van der Waals surface area contributed by atoms with Gasteiger partial charge in [0, 0.05) is 25.0 Å². The van der Waals surface area contributed by atoms with Crippen molar-refractivity contribution in [1.82, 2.24) is 9.80 Å². The Hall–Kier alpha value is -3.54. The lowest BCUT2D eigenvalue weighted by atomic mass is 10.1. The highest BCUT2D eigenvalue weighted by Gasteiger charge is 2.38. The van der Waals surface area contributed by atoms with Gasteiger partial charge in [-0.25, -0.2) is 0 Å². The van der Waals surface area contributed by atoms with Gasteiger partial charge < -0.3 is 9.64 Å². The van der Waals surface area contributed by atoms with Crippen molar-refractivity contribution in [3.8, 4) is 5.75 Å². The molecule has 1 N–H and O–H groups in total. The summed E-state index contributed by atoms with van der Waals surface area (Å²) >= 11 is 5.51. The predicted molar refractivity (Wildman–Crippen MR) is 164 cm³/mol. The Kier molecular flexibility index (Phi) is 9.95. The lowest BCUT2D eigenvalue weighted by molar-refractivity contribution is -0.133. The normalized spacial score (nSPS) is 16.9. The molecular formula is C30H35N3O6S2. The SMILES string of the molecule is CCCCN1C(=O)C(=CC=CC=C2Oc3ccc4ccccc4c3N2CCCS(=O)(=O)O)C(=O)N(CCCC)C1=S. The van der Waals surface area contributed by atoms with Crippen molar-refractivity contribution < 1.29 is 27.3 Å². The Balaban J connectivity index is 1.62. The molecule has 0 spiro atoms. The molecule has 0 aromatic heterocycles. The Morgan fingerprint density at radius 1 is 0.854 bits per heavy atom. The van der Waals surface area contributed by atoms with E-state index in [9.17, 15) is 22.6 Å². The van der Waals surface area contributed by atoms with Gasteiger partial charge in [-0.15, -0.1) is 0 Å². The zero-order valence-corrected chi connectivity index (χ0v) is 24.9. The summed E-state index contributed by atoms with van der Waals surface area (Å²) in [5.41, 5.74) is 0.854. The fraction of sp³-hybridized carbons (Fsp3) is 0.367. The highest BCUT2D eigenvalue weighted by Crippen LogP contribution is 2.44. The lowest BCUT2D eigenvalue weighted by Crippen LogP contribution is -2.56. The maximum absolute atomic E-state index is 13.2. The van der Waals surface area contributed by atoms with Crippen LogP contribution in [-0.2, 0) is 19.7 Å². The van der Waals surface area contributed by atoms with Crippen LogP contribution in [0.5, 0.6) is 5.75 Å². The summed E-state index contributed by atoms with van der Waals surface area (Å²) in [6.45, 7) is 5.25. The molecule has 2 amide bonds. The smallest absolute Gasteiger partial charge is 0.265 e. The second-order valence-corrected chi connectivity index (χ2v) is 11.8. The van der Waals surface area contributed by atoms with Crippen LogP contribution in [0.25, 0.3) is 10.8 Å². The second-order valence-electron chi connectivity index (χ2n) is 9.90. The summed E-state index contributed by atoms with van der Waals surface area (Å²) in [4.78, 5) is 31.3. The van der Waals surface area contributed by atoms with E-state index in [1.165, 1.54) is 15.9 Å². The van der Waals surface area contributed by atoms with Crippen molar-refractivity contribution in [2.24, 2.45) is 0 Å². The summed E-state index contributed by atoms with van der Waals surface area (Å²) < 4.78 is 38.0. The number of hydrogen-bond acceptors (Lipinski definition) is 7. The molecule has 0 radical (unpaired) electrons. The first kappa shape index (κ1) is 30.4. The van der Waals surface area contributed by atoms with Crippen LogP contribution in [0.15, 0.2) is 72.2 Å². The van der Waals surface area contributed by atoms with Crippen LogP contribution in [0.1, 0.15) is 46.0 Å². The third-order valence-corrected chi connectivity index (χ3v) is 8.14. The van der Waals surface area contributed by atoms with E-state index >= 15 is 0 Å². The van der Waals surface area contributed by atoms with Gasteiger partial charge in [-0.1, -0.05) is 69.2 Å². The molecule has 218 valence electrons. The number of hydrogen-bond donors (Lipinski definition) is 1. The first-order valence-corrected chi connectivity index (χ1v) is 15.9. The maximum atomic E-state index is 13.2. The molecule has 2 aliphatic rings.